The van der Waals surface area contributed by atoms with Crippen LogP contribution in [0.4, 0.5) is 11.4 Å². The number of nitrogens with zero attached hydrogens (tertiary/aromatic N) is 2. The minimum absolute atomic E-state index is 0.0310. The standard InChI is InChI=1S/C25H34N4O3S/c1-2-20-7-10-22(11-8-20)33(31,32)27-23-19-21(25(30)29-15-5-3-4-6-16-29)9-12-24(23)28-17-13-26-14-18-28/h7-12,19,26-27H,2-6,13-18H2,1H3. The number of nitrogens with one attached hydrogen (secondary N) is 2. The lowest BCUT2D eigenvalue weighted by Gasteiger charge is -2.31. The average Bonchev–Trinajstić information content (AvgIpc) is 3.13. The fourth-order valence-electron chi connectivity index (χ4n) is 4.50. The van der Waals surface area contributed by atoms with Gasteiger partial charge in [0.2, 0.25) is 0 Å². The second-order valence-electron chi connectivity index (χ2n) is 8.78. The number of amides is 1. The van der Waals surface area contributed by atoms with Crippen molar-refractivity contribution in [3.63, 3.8) is 0 Å². The molecule has 2 N–H and O–H groups in total. The van der Waals surface area contributed by atoms with Gasteiger partial charge in [-0.3, -0.25) is 9.52 Å². The van der Waals surface area contributed by atoms with E-state index in [1.54, 1.807) is 18.2 Å². The zero-order valence-electron chi connectivity index (χ0n) is 19.3. The van der Waals surface area contributed by atoms with Crippen LogP contribution in [0.5, 0.6) is 0 Å². The molecule has 0 atom stereocenters. The Labute approximate surface area is 197 Å². The largest absolute Gasteiger partial charge is 0.367 e. The summed E-state index contributed by atoms with van der Waals surface area (Å²) in [5.41, 5.74) is 2.87. The molecule has 2 aliphatic rings. The van der Waals surface area contributed by atoms with Crippen LogP contribution in [0.25, 0.3) is 0 Å². The summed E-state index contributed by atoms with van der Waals surface area (Å²) in [6.45, 7) is 6.76. The van der Waals surface area contributed by atoms with E-state index in [-0.39, 0.29) is 10.8 Å². The van der Waals surface area contributed by atoms with Gasteiger partial charge in [0.15, 0.2) is 0 Å². The van der Waals surface area contributed by atoms with Crippen LogP contribution in [-0.4, -0.2) is 58.5 Å². The molecule has 8 heteroatoms. The highest BCUT2D eigenvalue weighted by molar-refractivity contribution is 7.92. The molecule has 2 heterocycles. The molecule has 1 amide bonds. The topological polar surface area (TPSA) is 81.8 Å². The Morgan fingerprint density at radius 2 is 1.61 bits per heavy atom. The molecule has 7 nitrogen and oxygen atoms in total. The van der Waals surface area contributed by atoms with Gasteiger partial charge in [-0.05, 0) is 55.2 Å². The van der Waals surface area contributed by atoms with E-state index in [9.17, 15) is 13.2 Å². The predicted molar refractivity (Wildman–Crippen MR) is 133 cm³/mol. The molecule has 0 bridgehead atoms. The van der Waals surface area contributed by atoms with Crippen LogP contribution in [-0.2, 0) is 16.4 Å². The third-order valence-corrected chi connectivity index (χ3v) is 7.86. The zero-order valence-corrected chi connectivity index (χ0v) is 20.2. The van der Waals surface area contributed by atoms with Gasteiger partial charge in [-0.25, -0.2) is 8.42 Å². The van der Waals surface area contributed by atoms with E-state index < -0.39 is 10.0 Å². The Morgan fingerprint density at radius 3 is 2.24 bits per heavy atom. The molecule has 0 aromatic heterocycles. The van der Waals surface area contributed by atoms with E-state index >= 15 is 0 Å². The molecule has 2 saturated heterocycles. The maximum atomic E-state index is 13.2. The van der Waals surface area contributed by atoms with Gasteiger partial charge in [-0.1, -0.05) is 31.9 Å². The van der Waals surface area contributed by atoms with Crippen molar-refractivity contribution >= 4 is 27.3 Å². The van der Waals surface area contributed by atoms with Crippen molar-refractivity contribution in [1.82, 2.24) is 10.2 Å². The van der Waals surface area contributed by atoms with Crippen molar-refractivity contribution < 1.29 is 13.2 Å². The number of likely N-dealkylation sites (tertiary alicyclic amines) is 1. The van der Waals surface area contributed by atoms with Crippen LogP contribution in [0.3, 0.4) is 0 Å². The van der Waals surface area contributed by atoms with E-state index in [1.165, 1.54) is 0 Å². The average molecular weight is 471 g/mol. The number of carbonyl (C=O) groups excluding carboxylic acids is 1. The highest BCUT2D eigenvalue weighted by Crippen LogP contribution is 2.31. The van der Waals surface area contributed by atoms with Crippen molar-refractivity contribution in [3.05, 3.63) is 53.6 Å². The highest BCUT2D eigenvalue weighted by Gasteiger charge is 2.23. The highest BCUT2D eigenvalue weighted by atomic mass is 32.2. The van der Waals surface area contributed by atoms with E-state index in [2.05, 4.69) is 14.9 Å². The van der Waals surface area contributed by atoms with Gasteiger partial charge in [0.1, 0.15) is 0 Å². The van der Waals surface area contributed by atoms with E-state index in [0.29, 0.717) is 11.3 Å². The SMILES string of the molecule is CCc1ccc(S(=O)(=O)Nc2cc(C(=O)N3CCCCCC3)ccc2N2CCNCC2)cc1. The molecule has 0 unspecified atom stereocenters. The number of anilines is 2. The van der Waals surface area contributed by atoms with Crippen molar-refractivity contribution in [2.24, 2.45) is 0 Å². The monoisotopic (exact) mass is 470 g/mol. The van der Waals surface area contributed by atoms with Gasteiger partial charge in [0.05, 0.1) is 16.3 Å². The van der Waals surface area contributed by atoms with Crippen molar-refractivity contribution in [2.45, 2.75) is 43.9 Å². The molecule has 2 fully saturated rings. The zero-order chi connectivity index (χ0) is 23.3. The first-order valence-electron chi connectivity index (χ1n) is 12.0. The molecule has 2 aromatic rings. The molecular formula is C25H34N4O3S. The van der Waals surface area contributed by atoms with Gasteiger partial charge >= 0.3 is 0 Å². The number of aryl methyl sites for hydroxylation is 1. The summed E-state index contributed by atoms with van der Waals surface area (Å²) in [5, 5.41) is 3.33. The van der Waals surface area contributed by atoms with E-state index in [0.717, 1.165) is 82.6 Å². The first kappa shape index (κ1) is 23.6. The van der Waals surface area contributed by atoms with Gasteiger partial charge in [-0.2, -0.15) is 0 Å². The van der Waals surface area contributed by atoms with Crippen LogP contribution >= 0.6 is 0 Å². The number of piperazine rings is 1. The lowest BCUT2D eigenvalue weighted by molar-refractivity contribution is 0.0761. The fraction of sp³-hybridized carbons (Fsp3) is 0.480. The summed E-state index contributed by atoms with van der Waals surface area (Å²) >= 11 is 0. The summed E-state index contributed by atoms with van der Waals surface area (Å²) in [7, 11) is -3.79. The molecule has 4 rings (SSSR count). The fourth-order valence-corrected chi connectivity index (χ4v) is 5.56. The first-order valence-corrected chi connectivity index (χ1v) is 13.5. The van der Waals surface area contributed by atoms with Gasteiger partial charge in [0, 0.05) is 44.8 Å². The second kappa shape index (κ2) is 10.6. The molecule has 33 heavy (non-hydrogen) atoms. The Hall–Kier alpha value is -2.58. The number of hydrogen-bond acceptors (Lipinski definition) is 5. The number of benzene rings is 2. The summed E-state index contributed by atoms with van der Waals surface area (Å²) in [6, 6.07) is 12.4. The summed E-state index contributed by atoms with van der Waals surface area (Å²) in [5.74, 6) is -0.0310. The van der Waals surface area contributed by atoms with Crippen LogP contribution < -0.4 is 14.9 Å². The smallest absolute Gasteiger partial charge is 0.261 e. The lowest BCUT2D eigenvalue weighted by Crippen LogP contribution is -2.43. The van der Waals surface area contributed by atoms with E-state index in [4.69, 9.17) is 0 Å². The maximum absolute atomic E-state index is 13.2. The van der Waals surface area contributed by atoms with Gasteiger partial charge < -0.3 is 15.1 Å². The molecular weight excluding hydrogens is 436 g/mol. The predicted octanol–water partition coefficient (Wildman–Crippen LogP) is 3.48. The number of carbonyl (C=O) groups is 1. The van der Waals surface area contributed by atoms with E-state index in [1.807, 2.05) is 36.1 Å². The molecule has 0 aliphatic carbocycles. The Bertz CT molecular complexity index is 1060. The van der Waals surface area contributed by atoms with Crippen LogP contribution in [0.2, 0.25) is 0 Å². The number of hydrogen-bond donors (Lipinski definition) is 2. The molecule has 0 spiro atoms. The summed E-state index contributed by atoms with van der Waals surface area (Å²) in [6.07, 6.45) is 5.17. The third kappa shape index (κ3) is 5.68. The molecule has 2 aromatic carbocycles. The minimum atomic E-state index is -3.79. The number of rotatable bonds is 6. The quantitative estimate of drug-likeness (QED) is 0.676. The molecule has 2 aliphatic heterocycles. The van der Waals surface area contributed by atoms with Crippen molar-refractivity contribution in [2.75, 3.05) is 48.9 Å². The summed E-state index contributed by atoms with van der Waals surface area (Å²) < 4.78 is 29.2. The third-order valence-electron chi connectivity index (χ3n) is 6.48. The van der Waals surface area contributed by atoms with Gasteiger partial charge in [0.25, 0.3) is 15.9 Å². The van der Waals surface area contributed by atoms with Crippen LogP contribution in [0.15, 0.2) is 47.4 Å². The molecule has 0 saturated carbocycles. The summed E-state index contributed by atoms with van der Waals surface area (Å²) in [4.78, 5) is 17.5. The van der Waals surface area contributed by atoms with Gasteiger partial charge in [-0.15, -0.1) is 0 Å². The maximum Gasteiger partial charge on any atom is 0.261 e. The Kier molecular flexibility index (Phi) is 7.55. The molecule has 0 radical (unpaired) electrons. The number of sulfonamides is 1. The normalized spacial score (nSPS) is 17.5. The first-order chi connectivity index (χ1) is 16.0. The Balaban J connectivity index is 1.66. The molecule has 178 valence electrons. The minimum Gasteiger partial charge on any atom is -0.367 e. The Morgan fingerprint density at radius 1 is 0.939 bits per heavy atom. The lowest BCUT2D eigenvalue weighted by atomic mass is 10.1. The second-order valence-corrected chi connectivity index (χ2v) is 10.5. The van der Waals surface area contributed by atoms with Crippen molar-refractivity contribution in [1.29, 1.82) is 0 Å². The van der Waals surface area contributed by atoms with Crippen LogP contribution in [0, 0.1) is 0 Å². The van der Waals surface area contributed by atoms with Crippen LogP contribution in [0.1, 0.15) is 48.5 Å². The van der Waals surface area contributed by atoms with Crippen molar-refractivity contribution in [3.8, 4) is 0 Å².